The predicted molar refractivity (Wildman–Crippen MR) is 114 cm³/mol. The highest BCUT2D eigenvalue weighted by molar-refractivity contribution is 7.71. The van der Waals surface area contributed by atoms with E-state index in [-0.39, 0.29) is 0 Å². The quantitative estimate of drug-likeness (QED) is 0.420. The fourth-order valence-electron chi connectivity index (χ4n) is 4.08. The van der Waals surface area contributed by atoms with E-state index in [1.165, 1.54) is 16.0 Å². The van der Waals surface area contributed by atoms with E-state index < -0.39 is 0 Å². The fourth-order valence-corrected chi connectivity index (χ4v) is 5.96. The van der Waals surface area contributed by atoms with Crippen molar-refractivity contribution in [2.75, 3.05) is 6.54 Å². The van der Waals surface area contributed by atoms with Crippen molar-refractivity contribution in [2.24, 2.45) is 0 Å². The summed E-state index contributed by atoms with van der Waals surface area (Å²) in [5, 5.41) is 15.9. The minimum absolute atomic E-state index is 0.525. The van der Waals surface area contributed by atoms with Gasteiger partial charge in [-0.2, -0.15) is 5.10 Å². The number of nitrogens with zero attached hydrogens (tertiary/aromatic N) is 5. The molecule has 1 aliphatic heterocycles. The average molecular weight is 426 g/mol. The van der Waals surface area contributed by atoms with E-state index in [1.807, 2.05) is 8.80 Å². The lowest BCUT2D eigenvalue weighted by atomic mass is 10.0. The van der Waals surface area contributed by atoms with Crippen LogP contribution >= 0.6 is 35.8 Å². The number of thiophene rings is 1. The van der Waals surface area contributed by atoms with Crippen LogP contribution in [0.1, 0.15) is 16.0 Å². The molecule has 4 aromatic heterocycles. The van der Waals surface area contributed by atoms with Crippen molar-refractivity contribution in [1.29, 1.82) is 0 Å². The number of aromatic amines is 2. The Morgan fingerprint density at radius 3 is 2.68 bits per heavy atom. The molecule has 5 heterocycles. The van der Waals surface area contributed by atoms with E-state index in [9.17, 15) is 0 Å². The van der Waals surface area contributed by atoms with Crippen molar-refractivity contribution in [1.82, 2.24) is 34.1 Å². The summed E-state index contributed by atoms with van der Waals surface area (Å²) in [5.41, 5.74) is 3.52. The number of benzene rings is 1. The van der Waals surface area contributed by atoms with Gasteiger partial charge in [-0.25, -0.2) is 13.9 Å². The molecule has 0 spiro atoms. The standard InChI is InChI=1S/C18H15N7S3/c26-17-21-19-14-13-11-6-7-23(8-10-4-2-1-3-5-10)9-12(11)28-15(13)25-16(24(14)17)20-22-18(25)27/h1-5H,6-9H2,(H,21,26)(H,22,27). The SMILES string of the molecule is S=c1[nH]nc2c3c4c(sc3n3c(=S)[nH]nc3n12)CN(Cc1ccccc1)CC4. The van der Waals surface area contributed by atoms with Crippen LogP contribution in [0.5, 0.6) is 0 Å². The summed E-state index contributed by atoms with van der Waals surface area (Å²) >= 11 is 12.7. The Hall–Kier alpha value is -2.40. The number of hydrogen-bond donors (Lipinski definition) is 2. The zero-order valence-corrected chi connectivity index (χ0v) is 17.1. The van der Waals surface area contributed by atoms with Gasteiger partial charge in [0.1, 0.15) is 4.83 Å². The molecule has 0 saturated carbocycles. The highest BCUT2D eigenvalue weighted by atomic mass is 32.1. The van der Waals surface area contributed by atoms with Gasteiger partial charge in [0.2, 0.25) is 15.3 Å². The Bertz CT molecular complexity index is 1470. The minimum Gasteiger partial charge on any atom is -0.294 e. The van der Waals surface area contributed by atoms with Gasteiger partial charge < -0.3 is 0 Å². The van der Waals surface area contributed by atoms with Crippen molar-refractivity contribution in [3.8, 4) is 0 Å². The lowest BCUT2D eigenvalue weighted by molar-refractivity contribution is 0.249. The van der Waals surface area contributed by atoms with E-state index >= 15 is 0 Å². The second-order valence-corrected chi connectivity index (χ2v) is 8.84. The Balaban J connectivity index is 1.56. The van der Waals surface area contributed by atoms with Crippen LogP contribution in [0.25, 0.3) is 21.6 Å². The highest BCUT2D eigenvalue weighted by Crippen LogP contribution is 2.38. The summed E-state index contributed by atoms with van der Waals surface area (Å²) in [6.45, 7) is 2.89. The molecule has 140 valence electrons. The molecule has 0 radical (unpaired) electrons. The maximum atomic E-state index is 5.51. The van der Waals surface area contributed by atoms with Gasteiger partial charge in [0.25, 0.3) is 0 Å². The molecule has 1 aromatic carbocycles. The predicted octanol–water partition coefficient (Wildman–Crippen LogP) is 3.87. The second kappa shape index (κ2) is 6.05. The molecule has 0 amide bonds. The van der Waals surface area contributed by atoms with Crippen LogP contribution in [-0.4, -0.2) is 40.6 Å². The summed E-state index contributed by atoms with van der Waals surface area (Å²) in [4.78, 5) is 4.94. The van der Waals surface area contributed by atoms with Crippen molar-refractivity contribution in [2.45, 2.75) is 19.5 Å². The molecule has 0 atom stereocenters. The highest BCUT2D eigenvalue weighted by Gasteiger charge is 2.26. The molecule has 5 aromatic rings. The van der Waals surface area contributed by atoms with Crippen molar-refractivity contribution in [3.63, 3.8) is 0 Å². The van der Waals surface area contributed by atoms with Gasteiger partial charge in [0.15, 0.2) is 5.65 Å². The zero-order valence-electron chi connectivity index (χ0n) is 14.7. The van der Waals surface area contributed by atoms with Crippen LogP contribution < -0.4 is 0 Å². The largest absolute Gasteiger partial charge is 0.294 e. The van der Waals surface area contributed by atoms with Gasteiger partial charge in [-0.15, -0.1) is 16.4 Å². The summed E-state index contributed by atoms with van der Waals surface area (Å²) in [6.07, 6.45) is 0.980. The van der Waals surface area contributed by atoms with E-state index in [0.717, 1.165) is 41.9 Å². The topological polar surface area (TPSA) is 69.4 Å². The van der Waals surface area contributed by atoms with Gasteiger partial charge in [-0.3, -0.25) is 10.00 Å². The lowest BCUT2D eigenvalue weighted by Gasteiger charge is -2.26. The summed E-state index contributed by atoms with van der Waals surface area (Å²) in [5.74, 6) is 0.672. The van der Waals surface area contributed by atoms with Gasteiger partial charge in [0.05, 0.1) is 5.39 Å². The number of aromatic nitrogens is 6. The molecular formula is C18H15N7S3. The maximum absolute atomic E-state index is 5.51. The van der Waals surface area contributed by atoms with Crippen LogP contribution in [0.2, 0.25) is 0 Å². The molecular weight excluding hydrogens is 410 g/mol. The molecule has 10 heteroatoms. The van der Waals surface area contributed by atoms with Crippen molar-refractivity contribution < 1.29 is 0 Å². The van der Waals surface area contributed by atoms with Gasteiger partial charge >= 0.3 is 0 Å². The third-order valence-corrected chi connectivity index (χ3v) is 7.07. The Morgan fingerprint density at radius 2 is 1.82 bits per heavy atom. The number of rotatable bonds is 2. The smallest absolute Gasteiger partial charge is 0.243 e. The van der Waals surface area contributed by atoms with E-state index in [2.05, 4.69) is 55.6 Å². The summed E-state index contributed by atoms with van der Waals surface area (Å²) in [7, 11) is 0. The van der Waals surface area contributed by atoms with E-state index in [1.54, 1.807) is 11.3 Å². The molecule has 1 aliphatic rings. The Morgan fingerprint density at radius 1 is 1.04 bits per heavy atom. The molecule has 28 heavy (non-hydrogen) atoms. The molecule has 0 fully saturated rings. The van der Waals surface area contributed by atoms with Crippen LogP contribution in [0, 0.1) is 9.54 Å². The summed E-state index contributed by atoms with van der Waals surface area (Å²) in [6, 6.07) is 10.6. The monoisotopic (exact) mass is 425 g/mol. The third-order valence-electron chi connectivity index (χ3n) is 5.32. The lowest BCUT2D eigenvalue weighted by Crippen LogP contribution is -2.29. The summed E-state index contributed by atoms with van der Waals surface area (Å²) < 4.78 is 4.95. The second-order valence-electron chi connectivity index (χ2n) is 6.98. The Kier molecular flexibility index (Phi) is 3.57. The van der Waals surface area contributed by atoms with Crippen LogP contribution in [0.4, 0.5) is 0 Å². The molecule has 0 bridgehead atoms. The third kappa shape index (κ3) is 2.29. The maximum Gasteiger partial charge on any atom is 0.243 e. The first-order valence-corrected chi connectivity index (χ1v) is 10.6. The van der Waals surface area contributed by atoms with Gasteiger partial charge in [-0.1, -0.05) is 30.3 Å². The van der Waals surface area contributed by atoms with Crippen LogP contribution in [0.3, 0.4) is 0 Å². The molecule has 6 rings (SSSR count). The van der Waals surface area contributed by atoms with Crippen LogP contribution in [0.15, 0.2) is 30.3 Å². The number of hydrogen-bond acceptors (Lipinski definition) is 6. The minimum atomic E-state index is 0.525. The van der Waals surface area contributed by atoms with E-state index in [4.69, 9.17) is 24.4 Å². The normalized spacial score (nSPS) is 15.0. The number of fused-ring (bicyclic) bond motifs is 8. The number of H-pyrrole nitrogens is 2. The van der Waals surface area contributed by atoms with Gasteiger partial charge in [0, 0.05) is 24.5 Å². The van der Waals surface area contributed by atoms with Crippen molar-refractivity contribution in [3.05, 3.63) is 55.9 Å². The van der Waals surface area contributed by atoms with Crippen molar-refractivity contribution >= 4 is 57.4 Å². The zero-order chi connectivity index (χ0) is 18.8. The molecule has 0 aliphatic carbocycles. The average Bonchev–Trinajstić information content (AvgIpc) is 3.37. The molecule has 7 nitrogen and oxygen atoms in total. The fraction of sp³-hybridized carbons (Fsp3) is 0.222. The first kappa shape index (κ1) is 16.5. The Labute approximate surface area is 173 Å². The van der Waals surface area contributed by atoms with Crippen LogP contribution in [-0.2, 0) is 19.5 Å². The first-order chi connectivity index (χ1) is 13.7. The molecule has 0 saturated heterocycles. The van der Waals surface area contributed by atoms with E-state index in [0.29, 0.717) is 15.3 Å². The first-order valence-electron chi connectivity index (χ1n) is 8.97. The molecule has 2 N–H and O–H groups in total. The van der Waals surface area contributed by atoms with Gasteiger partial charge in [-0.05, 0) is 42.0 Å². The molecule has 0 unspecified atom stereocenters. The number of nitrogens with one attached hydrogen (secondary N) is 2.